The van der Waals surface area contributed by atoms with Crippen LogP contribution in [0, 0.1) is 0 Å². The third-order valence-electron chi connectivity index (χ3n) is 2.28. The Morgan fingerprint density at radius 1 is 1.65 bits per heavy atom. The first-order chi connectivity index (χ1) is 8.20. The number of nitrogens with two attached hydrogens (primary N) is 1. The number of hydrogen-bond donors (Lipinski definition) is 1. The van der Waals surface area contributed by atoms with Gasteiger partial charge in [0, 0.05) is 24.3 Å². The van der Waals surface area contributed by atoms with Crippen LogP contribution in [0.3, 0.4) is 0 Å². The van der Waals surface area contributed by atoms with Crippen LogP contribution in [0.2, 0.25) is 0 Å². The molecule has 0 spiro atoms. The second-order valence-corrected chi connectivity index (χ2v) is 4.43. The lowest BCUT2D eigenvalue weighted by Crippen LogP contribution is -2.10. The van der Waals surface area contributed by atoms with Crippen LogP contribution < -0.4 is 5.73 Å². The van der Waals surface area contributed by atoms with E-state index in [9.17, 15) is 4.79 Å². The Kier molecular flexibility index (Phi) is 3.43. The summed E-state index contributed by atoms with van der Waals surface area (Å²) in [6.45, 7) is 2.82. The molecule has 2 rings (SSSR count). The Hall–Kier alpha value is -1.82. The van der Waals surface area contributed by atoms with E-state index in [1.165, 1.54) is 11.3 Å². The number of aryl methyl sites for hydroxylation is 1. The fourth-order valence-electron chi connectivity index (χ4n) is 1.49. The zero-order valence-corrected chi connectivity index (χ0v) is 10.2. The van der Waals surface area contributed by atoms with Crippen molar-refractivity contribution in [1.29, 1.82) is 0 Å². The molecule has 0 atom stereocenters. The summed E-state index contributed by atoms with van der Waals surface area (Å²) in [4.78, 5) is 15.9. The molecule has 0 saturated heterocycles. The molecule has 2 aromatic rings. The molecule has 0 amide bonds. The zero-order valence-electron chi connectivity index (χ0n) is 9.42. The number of thiazole rings is 1. The molecule has 6 heteroatoms. The molecule has 0 aliphatic rings. The van der Waals surface area contributed by atoms with E-state index >= 15 is 0 Å². The largest absolute Gasteiger partial charge is 0.454 e. The highest BCUT2D eigenvalue weighted by molar-refractivity contribution is 7.09. The van der Waals surface area contributed by atoms with Crippen LogP contribution in [0.15, 0.2) is 23.8 Å². The van der Waals surface area contributed by atoms with Crippen molar-refractivity contribution in [3.8, 4) is 0 Å². The number of rotatable bonds is 4. The topological polar surface area (TPSA) is 70.1 Å². The van der Waals surface area contributed by atoms with Gasteiger partial charge >= 0.3 is 5.97 Å². The molecule has 0 aromatic carbocycles. The number of aromatic nitrogens is 2. The Balaban J connectivity index is 2.04. The summed E-state index contributed by atoms with van der Waals surface area (Å²) >= 11 is 1.46. The summed E-state index contributed by atoms with van der Waals surface area (Å²) in [5.41, 5.74) is 6.68. The average Bonchev–Trinajstić information content (AvgIpc) is 2.94. The molecule has 17 heavy (non-hydrogen) atoms. The molecule has 0 aliphatic heterocycles. The van der Waals surface area contributed by atoms with Crippen molar-refractivity contribution in [3.63, 3.8) is 0 Å². The number of hydrogen-bond acceptors (Lipinski definition) is 5. The predicted octanol–water partition coefficient (Wildman–Crippen LogP) is 1.90. The monoisotopic (exact) mass is 251 g/mol. The smallest absolute Gasteiger partial charge is 0.355 e. The van der Waals surface area contributed by atoms with Gasteiger partial charge in [-0.3, -0.25) is 0 Å². The van der Waals surface area contributed by atoms with E-state index in [0.29, 0.717) is 17.9 Å². The first kappa shape index (κ1) is 11.7. The van der Waals surface area contributed by atoms with Crippen LogP contribution in [0.25, 0.3) is 0 Å². The number of anilines is 1. The minimum Gasteiger partial charge on any atom is -0.454 e. The maximum absolute atomic E-state index is 11.8. The van der Waals surface area contributed by atoms with Gasteiger partial charge in [-0.15, -0.1) is 11.3 Å². The fourth-order valence-corrected chi connectivity index (χ4v) is 2.02. The minimum atomic E-state index is -0.376. The third kappa shape index (κ3) is 2.65. The molecule has 0 bridgehead atoms. The Morgan fingerprint density at radius 2 is 2.47 bits per heavy atom. The van der Waals surface area contributed by atoms with Crippen molar-refractivity contribution in [2.75, 3.05) is 5.73 Å². The van der Waals surface area contributed by atoms with Crippen molar-refractivity contribution < 1.29 is 9.53 Å². The predicted molar refractivity (Wildman–Crippen MR) is 65.8 cm³/mol. The zero-order chi connectivity index (χ0) is 12.3. The lowest BCUT2D eigenvalue weighted by Gasteiger charge is -2.05. The summed E-state index contributed by atoms with van der Waals surface area (Å²) in [6, 6.07) is 1.62. The van der Waals surface area contributed by atoms with Crippen molar-refractivity contribution in [3.05, 3.63) is 34.5 Å². The second kappa shape index (κ2) is 5.01. The van der Waals surface area contributed by atoms with Crippen LogP contribution >= 0.6 is 11.3 Å². The van der Waals surface area contributed by atoms with Gasteiger partial charge in [-0.1, -0.05) is 0 Å². The Morgan fingerprint density at radius 3 is 3.12 bits per heavy atom. The molecular weight excluding hydrogens is 238 g/mol. The van der Waals surface area contributed by atoms with Gasteiger partial charge in [-0.2, -0.15) is 0 Å². The molecule has 2 heterocycles. The molecule has 0 radical (unpaired) electrons. The number of carbonyl (C=O) groups is 1. The number of esters is 1. The first-order valence-corrected chi connectivity index (χ1v) is 6.09. The highest BCUT2D eigenvalue weighted by atomic mass is 32.1. The number of nitrogen functional groups attached to an aromatic ring is 1. The van der Waals surface area contributed by atoms with Crippen molar-refractivity contribution in [2.24, 2.45) is 0 Å². The lowest BCUT2D eigenvalue weighted by molar-refractivity contribution is 0.0460. The van der Waals surface area contributed by atoms with Gasteiger partial charge in [0.25, 0.3) is 0 Å². The maximum atomic E-state index is 11.8. The highest BCUT2D eigenvalue weighted by Crippen LogP contribution is 2.13. The third-order valence-corrected chi connectivity index (χ3v) is 3.03. The van der Waals surface area contributed by atoms with Crippen molar-refractivity contribution in [1.82, 2.24) is 9.55 Å². The average molecular weight is 251 g/mol. The summed E-state index contributed by atoms with van der Waals surface area (Å²) < 4.78 is 6.92. The molecule has 5 nitrogen and oxygen atoms in total. The number of carbonyl (C=O) groups excluding carboxylic acids is 1. The van der Waals surface area contributed by atoms with Crippen molar-refractivity contribution in [2.45, 2.75) is 20.1 Å². The van der Waals surface area contributed by atoms with E-state index in [4.69, 9.17) is 10.5 Å². The summed E-state index contributed by atoms with van der Waals surface area (Å²) in [6.07, 6.45) is 3.40. The summed E-state index contributed by atoms with van der Waals surface area (Å²) in [5, 5.41) is 2.62. The molecule has 0 aliphatic carbocycles. The summed E-state index contributed by atoms with van der Waals surface area (Å²) in [7, 11) is 0. The van der Waals surface area contributed by atoms with Gasteiger partial charge in [0.15, 0.2) is 0 Å². The van der Waals surface area contributed by atoms with Gasteiger partial charge in [-0.05, 0) is 13.0 Å². The summed E-state index contributed by atoms with van der Waals surface area (Å²) in [5.74, 6) is -0.376. The van der Waals surface area contributed by atoms with Crippen molar-refractivity contribution >= 4 is 23.0 Å². The number of ether oxygens (including phenoxy) is 1. The maximum Gasteiger partial charge on any atom is 0.355 e. The molecule has 0 saturated carbocycles. The Bertz CT molecular complexity index is 505. The van der Waals surface area contributed by atoms with Crippen LogP contribution in [-0.4, -0.2) is 15.5 Å². The minimum absolute atomic E-state index is 0.200. The van der Waals surface area contributed by atoms with Gasteiger partial charge in [0.2, 0.25) is 0 Å². The molecule has 2 aromatic heterocycles. The van der Waals surface area contributed by atoms with Crippen LogP contribution in [0.5, 0.6) is 0 Å². The van der Waals surface area contributed by atoms with Gasteiger partial charge in [-0.25, -0.2) is 9.78 Å². The van der Waals surface area contributed by atoms with E-state index in [1.54, 1.807) is 23.0 Å². The standard InChI is InChI=1S/C11H13N3O2S/c1-2-14-6-8(12)5-9(14)11(15)16-7-10-13-3-4-17-10/h3-6H,2,7,12H2,1H3. The van der Waals surface area contributed by atoms with E-state index in [1.807, 2.05) is 12.3 Å². The lowest BCUT2D eigenvalue weighted by atomic mass is 10.4. The van der Waals surface area contributed by atoms with Crippen LogP contribution in [-0.2, 0) is 17.9 Å². The van der Waals surface area contributed by atoms with Gasteiger partial charge in [0.05, 0.1) is 5.69 Å². The second-order valence-electron chi connectivity index (χ2n) is 3.45. The first-order valence-electron chi connectivity index (χ1n) is 5.22. The van der Waals surface area contributed by atoms with Gasteiger partial charge in [0.1, 0.15) is 17.3 Å². The SMILES string of the molecule is CCn1cc(N)cc1C(=O)OCc1nccs1. The molecule has 2 N–H and O–H groups in total. The van der Waals surface area contributed by atoms with E-state index in [0.717, 1.165) is 5.01 Å². The van der Waals surface area contributed by atoms with Crippen LogP contribution in [0.4, 0.5) is 5.69 Å². The van der Waals surface area contributed by atoms with E-state index in [-0.39, 0.29) is 12.6 Å². The van der Waals surface area contributed by atoms with Crippen LogP contribution in [0.1, 0.15) is 22.4 Å². The molecular formula is C11H13N3O2S. The van der Waals surface area contributed by atoms with E-state index in [2.05, 4.69) is 4.98 Å². The fraction of sp³-hybridized carbons (Fsp3) is 0.273. The molecule has 0 fully saturated rings. The molecule has 0 unspecified atom stereocenters. The quantitative estimate of drug-likeness (QED) is 0.842. The normalized spacial score (nSPS) is 10.4. The van der Waals surface area contributed by atoms with Gasteiger partial charge < -0.3 is 15.0 Å². The Labute approximate surface area is 103 Å². The number of nitrogens with zero attached hydrogens (tertiary/aromatic N) is 2. The highest BCUT2D eigenvalue weighted by Gasteiger charge is 2.14. The molecule has 90 valence electrons. The van der Waals surface area contributed by atoms with E-state index < -0.39 is 0 Å².